The Morgan fingerprint density at radius 1 is 1.18 bits per heavy atom. The van der Waals surface area contributed by atoms with Crippen LogP contribution in [0.3, 0.4) is 0 Å². The van der Waals surface area contributed by atoms with Crippen LogP contribution in [0.4, 0.5) is 0 Å². The van der Waals surface area contributed by atoms with Crippen molar-refractivity contribution in [2.45, 2.75) is 31.8 Å². The van der Waals surface area contributed by atoms with Crippen LogP contribution in [0, 0.1) is 0 Å². The van der Waals surface area contributed by atoms with Gasteiger partial charge in [-0.3, -0.25) is 4.90 Å². The molecule has 1 N–H and O–H groups in total. The van der Waals surface area contributed by atoms with Crippen LogP contribution in [0.15, 0.2) is 40.6 Å². The van der Waals surface area contributed by atoms with E-state index in [0.29, 0.717) is 0 Å². The summed E-state index contributed by atoms with van der Waals surface area (Å²) in [5, 5.41) is 2.77. The normalized spacial score (nSPS) is 12.0. The van der Waals surface area contributed by atoms with E-state index in [-0.39, 0.29) is 11.4 Å². The number of sulfonamides is 1. The molecule has 0 bridgehead atoms. The Labute approximate surface area is 136 Å². The molecule has 1 aromatic carbocycles. The highest BCUT2D eigenvalue weighted by molar-refractivity contribution is 7.89. The molecule has 1 aromatic heterocycles. The van der Waals surface area contributed by atoms with Crippen LogP contribution in [0.25, 0.3) is 0 Å². The van der Waals surface area contributed by atoms with Crippen LogP contribution in [-0.2, 0) is 23.1 Å². The number of thiazole rings is 1. The molecule has 0 saturated heterocycles. The standard InChI is InChI=1S/C15H21N3O2S2/c1-3-18(4-2)11-13-12-21-15(17-13)10-16-22(19,20)14-8-6-5-7-9-14/h5-9,12,16H,3-4,10-11H2,1-2H3. The lowest BCUT2D eigenvalue weighted by molar-refractivity contribution is 0.292. The van der Waals surface area contributed by atoms with E-state index in [4.69, 9.17) is 0 Å². The molecule has 0 aliphatic heterocycles. The molecular formula is C15H21N3O2S2. The fourth-order valence-electron chi connectivity index (χ4n) is 2.02. The molecule has 0 fully saturated rings. The molecule has 0 saturated carbocycles. The van der Waals surface area contributed by atoms with E-state index < -0.39 is 10.0 Å². The van der Waals surface area contributed by atoms with Crippen molar-refractivity contribution in [2.24, 2.45) is 0 Å². The topological polar surface area (TPSA) is 62.3 Å². The van der Waals surface area contributed by atoms with Gasteiger partial charge < -0.3 is 0 Å². The summed E-state index contributed by atoms with van der Waals surface area (Å²) in [5.74, 6) is 0. The largest absolute Gasteiger partial charge is 0.298 e. The second kappa shape index (κ2) is 7.82. The first-order valence-corrected chi connectivity index (χ1v) is 9.61. The smallest absolute Gasteiger partial charge is 0.240 e. The van der Waals surface area contributed by atoms with Gasteiger partial charge in [-0.25, -0.2) is 18.1 Å². The molecule has 0 aliphatic carbocycles. The summed E-state index contributed by atoms with van der Waals surface area (Å²) in [7, 11) is -3.48. The third kappa shape index (κ3) is 4.61. The van der Waals surface area contributed by atoms with Crippen LogP contribution in [-0.4, -0.2) is 31.4 Å². The predicted molar refractivity (Wildman–Crippen MR) is 89.2 cm³/mol. The minimum Gasteiger partial charge on any atom is -0.298 e. The predicted octanol–water partition coefficient (Wildman–Crippen LogP) is 2.46. The molecule has 0 amide bonds. The molecular weight excluding hydrogens is 318 g/mol. The summed E-state index contributed by atoms with van der Waals surface area (Å²) < 4.78 is 26.9. The van der Waals surface area contributed by atoms with Crippen LogP contribution < -0.4 is 4.72 Å². The van der Waals surface area contributed by atoms with Gasteiger partial charge in [0.1, 0.15) is 5.01 Å². The van der Waals surface area contributed by atoms with Gasteiger partial charge in [0.05, 0.1) is 17.1 Å². The lowest BCUT2D eigenvalue weighted by Gasteiger charge is -2.15. The summed E-state index contributed by atoms with van der Waals surface area (Å²) in [4.78, 5) is 7.04. The number of hydrogen-bond acceptors (Lipinski definition) is 5. The van der Waals surface area contributed by atoms with Crippen molar-refractivity contribution < 1.29 is 8.42 Å². The molecule has 0 atom stereocenters. The maximum atomic E-state index is 12.1. The van der Waals surface area contributed by atoms with Gasteiger partial charge in [0.2, 0.25) is 10.0 Å². The first-order valence-electron chi connectivity index (χ1n) is 7.25. The second-order valence-corrected chi connectivity index (χ2v) is 7.54. The average Bonchev–Trinajstić information content (AvgIpc) is 2.99. The molecule has 0 aliphatic rings. The molecule has 0 unspecified atom stereocenters. The fourth-order valence-corrected chi connectivity index (χ4v) is 3.84. The Balaban J connectivity index is 1.96. The molecule has 5 nitrogen and oxygen atoms in total. The quantitative estimate of drug-likeness (QED) is 0.802. The van der Waals surface area contributed by atoms with Gasteiger partial charge in [-0.05, 0) is 25.2 Å². The van der Waals surface area contributed by atoms with Gasteiger partial charge in [-0.1, -0.05) is 32.0 Å². The molecule has 22 heavy (non-hydrogen) atoms. The van der Waals surface area contributed by atoms with Crippen molar-refractivity contribution in [3.05, 3.63) is 46.4 Å². The van der Waals surface area contributed by atoms with E-state index in [1.165, 1.54) is 11.3 Å². The zero-order valence-electron chi connectivity index (χ0n) is 12.8. The Morgan fingerprint density at radius 3 is 2.50 bits per heavy atom. The van der Waals surface area contributed by atoms with Gasteiger partial charge in [0.15, 0.2) is 0 Å². The van der Waals surface area contributed by atoms with Crippen molar-refractivity contribution >= 4 is 21.4 Å². The Bertz CT molecular complexity index is 680. The zero-order valence-corrected chi connectivity index (χ0v) is 14.5. The summed E-state index contributed by atoms with van der Waals surface area (Å²) in [6, 6.07) is 8.37. The van der Waals surface area contributed by atoms with E-state index in [1.807, 2.05) is 5.38 Å². The average molecular weight is 339 g/mol. The number of benzene rings is 1. The van der Waals surface area contributed by atoms with Crippen molar-refractivity contribution in [3.8, 4) is 0 Å². The van der Waals surface area contributed by atoms with Crippen molar-refractivity contribution in [2.75, 3.05) is 13.1 Å². The van der Waals surface area contributed by atoms with E-state index in [0.717, 1.165) is 30.3 Å². The molecule has 7 heteroatoms. The highest BCUT2D eigenvalue weighted by atomic mass is 32.2. The lowest BCUT2D eigenvalue weighted by Crippen LogP contribution is -2.23. The Morgan fingerprint density at radius 2 is 1.86 bits per heavy atom. The molecule has 1 heterocycles. The lowest BCUT2D eigenvalue weighted by atomic mass is 10.4. The first kappa shape index (κ1) is 17.1. The third-order valence-electron chi connectivity index (χ3n) is 3.35. The molecule has 2 rings (SSSR count). The van der Waals surface area contributed by atoms with Crippen molar-refractivity contribution in [1.82, 2.24) is 14.6 Å². The van der Waals surface area contributed by atoms with Gasteiger partial charge in [0, 0.05) is 11.9 Å². The Kier molecular flexibility index (Phi) is 6.07. The molecule has 0 spiro atoms. The summed E-state index contributed by atoms with van der Waals surface area (Å²) in [6.45, 7) is 7.21. The van der Waals surface area contributed by atoms with Crippen LogP contribution in [0.2, 0.25) is 0 Å². The third-order valence-corrected chi connectivity index (χ3v) is 5.66. The summed E-state index contributed by atoms with van der Waals surface area (Å²) >= 11 is 1.48. The summed E-state index contributed by atoms with van der Waals surface area (Å²) in [6.07, 6.45) is 0. The maximum absolute atomic E-state index is 12.1. The van der Waals surface area contributed by atoms with Crippen LogP contribution in [0.5, 0.6) is 0 Å². The zero-order chi connectivity index (χ0) is 16.0. The van der Waals surface area contributed by atoms with Gasteiger partial charge in [-0.2, -0.15) is 0 Å². The van der Waals surface area contributed by atoms with E-state index >= 15 is 0 Å². The highest BCUT2D eigenvalue weighted by Gasteiger charge is 2.14. The van der Waals surface area contributed by atoms with E-state index in [1.54, 1.807) is 30.3 Å². The maximum Gasteiger partial charge on any atom is 0.240 e. The van der Waals surface area contributed by atoms with E-state index in [9.17, 15) is 8.42 Å². The van der Waals surface area contributed by atoms with Crippen molar-refractivity contribution in [3.63, 3.8) is 0 Å². The number of rotatable bonds is 8. The monoisotopic (exact) mass is 339 g/mol. The number of nitrogens with zero attached hydrogens (tertiary/aromatic N) is 2. The molecule has 0 radical (unpaired) electrons. The minimum atomic E-state index is -3.48. The van der Waals surface area contributed by atoms with Gasteiger partial charge in [-0.15, -0.1) is 11.3 Å². The Hall–Kier alpha value is -1.28. The number of nitrogens with one attached hydrogen (secondary N) is 1. The second-order valence-electron chi connectivity index (χ2n) is 4.83. The van der Waals surface area contributed by atoms with Gasteiger partial charge >= 0.3 is 0 Å². The number of aromatic nitrogens is 1. The first-order chi connectivity index (χ1) is 10.5. The van der Waals surface area contributed by atoms with Crippen LogP contribution in [0.1, 0.15) is 24.5 Å². The molecule has 2 aromatic rings. The van der Waals surface area contributed by atoms with E-state index in [2.05, 4.69) is 28.5 Å². The SMILES string of the molecule is CCN(CC)Cc1csc(CNS(=O)(=O)c2ccccc2)n1. The fraction of sp³-hybridized carbons (Fsp3) is 0.400. The van der Waals surface area contributed by atoms with Crippen molar-refractivity contribution in [1.29, 1.82) is 0 Å². The highest BCUT2D eigenvalue weighted by Crippen LogP contribution is 2.13. The van der Waals surface area contributed by atoms with Gasteiger partial charge in [0.25, 0.3) is 0 Å². The minimum absolute atomic E-state index is 0.222. The molecule has 120 valence electrons. The summed E-state index contributed by atoms with van der Waals surface area (Å²) in [5.41, 5.74) is 0.989. The van der Waals surface area contributed by atoms with Crippen LogP contribution >= 0.6 is 11.3 Å². The number of hydrogen-bond donors (Lipinski definition) is 1.